The first-order valence-corrected chi connectivity index (χ1v) is 12.0. The number of hydrogen-bond acceptors (Lipinski definition) is 7. The standard InChI is InChI=1S/C20H16Cl3N3O3S2/c1-10-18(27)26(19(30-10)11-3-5-13(28-2)6-4-11)20-25-24-16(31-20)9-29-17-14(22)7-12(21)8-15(17)23/h3-8,10,19H,9H2,1-2H3. The number of amides is 1. The highest BCUT2D eigenvalue weighted by atomic mass is 35.5. The lowest BCUT2D eigenvalue weighted by Crippen LogP contribution is -2.30. The highest BCUT2D eigenvalue weighted by Crippen LogP contribution is 2.46. The van der Waals surface area contributed by atoms with E-state index in [0.29, 0.717) is 31.0 Å². The van der Waals surface area contributed by atoms with E-state index >= 15 is 0 Å². The van der Waals surface area contributed by atoms with Crippen molar-refractivity contribution in [3.05, 3.63) is 62.0 Å². The van der Waals surface area contributed by atoms with Gasteiger partial charge in [0.05, 0.1) is 22.4 Å². The molecule has 2 unspecified atom stereocenters. The lowest BCUT2D eigenvalue weighted by molar-refractivity contribution is -0.117. The zero-order valence-electron chi connectivity index (χ0n) is 16.3. The Morgan fingerprint density at radius 2 is 1.77 bits per heavy atom. The van der Waals surface area contributed by atoms with Crippen LogP contribution in [0.5, 0.6) is 11.5 Å². The van der Waals surface area contributed by atoms with Gasteiger partial charge in [0.2, 0.25) is 11.0 Å². The smallest absolute Gasteiger partial charge is 0.242 e. The number of ether oxygens (including phenoxy) is 2. The molecule has 0 radical (unpaired) electrons. The van der Waals surface area contributed by atoms with Crippen LogP contribution in [0, 0.1) is 0 Å². The number of hydrogen-bond donors (Lipinski definition) is 0. The molecule has 162 valence electrons. The van der Waals surface area contributed by atoms with Crippen molar-refractivity contribution in [1.29, 1.82) is 0 Å². The molecule has 2 aromatic carbocycles. The Balaban J connectivity index is 1.54. The number of halogens is 3. The molecule has 0 spiro atoms. The van der Waals surface area contributed by atoms with Crippen LogP contribution in [0.25, 0.3) is 0 Å². The second-order valence-electron chi connectivity index (χ2n) is 6.58. The van der Waals surface area contributed by atoms with E-state index in [1.165, 1.54) is 11.3 Å². The summed E-state index contributed by atoms with van der Waals surface area (Å²) in [4.78, 5) is 14.5. The molecule has 31 heavy (non-hydrogen) atoms. The minimum atomic E-state index is -0.199. The number of nitrogens with zero attached hydrogens (tertiary/aromatic N) is 3. The number of thioether (sulfide) groups is 1. The van der Waals surface area contributed by atoms with Gasteiger partial charge in [0, 0.05) is 5.02 Å². The molecule has 1 aliphatic rings. The minimum absolute atomic E-state index is 0.0155. The van der Waals surface area contributed by atoms with Crippen LogP contribution >= 0.6 is 57.9 Å². The monoisotopic (exact) mass is 515 g/mol. The summed E-state index contributed by atoms with van der Waals surface area (Å²) in [6.45, 7) is 2.00. The fraction of sp³-hybridized carbons (Fsp3) is 0.250. The van der Waals surface area contributed by atoms with Crippen LogP contribution in [0.2, 0.25) is 15.1 Å². The Labute approximate surface area is 202 Å². The van der Waals surface area contributed by atoms with Crippen LogP contribution in [-0.2, 0) is 11.4 Å². The Morgan fingerprint density at radius 1 is 1.10 bits per heavy atom. The lowest BCUT2D eigenvalue weighted by atomic mass is 10.2. The fourth-order valence-electron chi connectivity index (χ4n) is 3.02. The molecule has 0 aliphatic carbocycles. The third-order valence-electron chi connectivity index (χ3n) is 4.52. The van der Waals surface area contributed by atoms with Gasteiger partial charge in [-0.3, -0.25) is 9.69 Å². The van der Waals surface area contributed by atoms with E-state index in [4.69, 9.17) is 44.3 Å². The van der Waals surface area contributed by atoms with E-state index in [1.54, 1.807) is 35.9 Å². The van der Waals surface area contributed by atoms with E-state index in [-0.39, 0.29) is 23.1 Å². The normalized spacial score (nSPS) is 18.5. The zero-order chi connectivity index (χ0) is 22.1. The summed E-state index contributed by atoms with van der Waals surface area (Å²) in [5.41, 5.74) is 0.983. The van der Waals surface area contributed by atoms with Crippen LogP contribution in [0.4, 0.5) is 5.13 Å². The molecule has 1 aromatic heterocycles. The molecule has 0 saturated carbocycles. The first-order chi connectivity index (χ1) is 14.9. The molecule has 2 atom stereocenters. The van der Waals surface area contributed by atoms with Crippen LogP contribution < -0.4 is 14.4 Å². The second kappa shape index (κ2) is 9.42. The topological polar surface area (TPSA) is 64.5 Å². The van der Waals surface area contributed by atoms with Gasteiger partial charge >= 0.3 is 0 Å². The fourth-order valence-corrected chi connectivity index (χ4v) is 6.05. The third kappa shape index (κ3) is 4.73. The summed E-state index contributed by atoms with van der Waals surface area (Å²) in [5, 5.41) is 10.1. The van der Waals surface area contributed by atoms with Crippen molar-refractivity contribution >= 4 is 68.9 Å². The molecule has 0 bridgehead atoms. The highest BCUT2D eigenvalue weighted by molar-refractivity contribution is 8.01. The Morgan fingerprint density at radius 3 is 2.42 bits per heavy atom. The van der Waals surface area contributed by atoms with Gasteiger partial charge in [-0.25, -0.2) is 0 Å². The molecular formula is C20H16Cl3N3O3S2. The predicted molar refractivity (Wildman–Crippen MR) is 126 cm³/mol. The zero-order valence-corrected chi connectivity index (χ0v) is 20.2. The van der Waals surface area contributed by atoms with Gasteiger partial charge in [-0.15, -0.1) is 22.0 Å². The summed E-state index contributed by atoms with van der Waals surface area (Å²) in [6, 6.07) is 10.8. The Hall–Kier alpha value is -1.71. The van der Waals surface area contributed by atoms with Gasteiger partial charge in [0.25, 0.3) is 0 Å². The number of rotatable bonds is 6. The second-order valence-corrected chi connectivity index (χ2v) is 10.3. The molecular weight excluding hydrogens is 501 g/mol. The van der Waals surface area contributed by atoms with E-state index in [9.17, 15) is 4.79 Å². The quantitative estimate of drug-likeness (QED) is 0.386. The summed E-state index contributed by atoms with van der Waals surface area (Å²) < 4.78 is 11.0. The molecule has 1 amide bonds. The molecule has 1 aliphatic heterocycles. The number of anilines is 1. The van der Waals surface area contributed by atoms with E-state index < -0.39 is 0 Å². The van der Waals surface area contributed by atoms with Gasteiger partial charge in [-0.05, 0) is 36.8 Å². The summed E-state index contributed by atoms with van der Waals surface area (Å²) in [7, 11) is 1.62. The Bertz CT molecular complexity index is 1090. The highest BCUT2D eigenvalue weighted by Gasteiger charge is 2.41. The van der Waals surface area contributed by atoms with E-state index in [2.05, 4.69) is 10.2 Å². The van der Waals surface area contributed by atoms with Crippen molar-refractivity contribution in [2.24, 2.45) is 0 Å². The molecule has 6 nitrogen and oxygen atoms in total. The number of carbonyl (C=O) groups is 1. The minimum Gasteiger partial charge on any atom is -0.497 e. The molecule has 2 heterocycles. The van der Waals surface area contributed by atoms with Gasteiger partial charge in [0.1, 0.15) is 17.7 Å². The first-order valence-electron chi connectivity index (χ1n) is 9.09. The molecule has 4 rings (SSSR count). The van der Waals surface area contributed by atoms with Gasteiger partial charge < -0.3 is 9.47 Å². The Kier molecular flexibility index (Phi) is 6.83. The average molecular weight is 517 g/mol. The van der Waals surface area contributed by atoms with Crippen LogP contribution in [0.3, 0.4) is 0 Å². The van der Waals surface area contributed by atoms with Crippen molar-refractivity contribution in [1.82, 2.24) is 10.2 Å². The van der Waals surface area contributed by atoms with E-state index in [1.807, 2.05) is 31.2 Å². The van der Waals surface area contributed by atoms with Gasteiger partial charge in [-0.1, -0.05) is 58.3 Å². The SMILES string of the molecule is COc1ccc(C2SC(C)C(=O)N2c2nnc(COc3c(Cl)cc(Cl)cc3Cl)s2)cc1. The van der Waals surface area contributed by atoms with Gasteiger partial charge in [0.15, 0.2) is 10.8 Å². The maximum Gasteiger partial charge on any atom is 0.242 e. The lowest BCUT2D eigenvalue weighted by Gasteiger charge is -2.21. The summed E-state index contributed by atoms with van der Waals surface area (Å²) >= 11 is 21.1. The number of methoxy groups -OCH3 is 1. The maximum atomic E-state index is 12.9. The molecule has 1 saturated heterocycles. The largest absolute Gasteiger partial charge is 0.497 e. The number of aromatic nitrogens is 2. The summed E-state index contributed by atoms with van der Waals surface area (Å²) in [5.74, 6) is 1.06. The summed E-state index contributed by atoms with van der Waals surface area (Å²) in [6.07, 6.45) is 0. The molecule has 11 heteroatoms. The van der Waals surface area contributed by atoms with Crippen LogP contribution in [0.15, 0.2) is 36.4 Å². The van der Waals surface area contributed by atoms with Crippen LogP contribution in [0.1, 0.15) is 22.9 Å². The van der Waals surface area contributed by atoms with Crippen molar-refractivity contribution in [2.75, 3.05) is 12.0 Å². The maximum absolute atomic E-state index is 12.9. The average Bonchev–Trinajstić information content (AvgIpc) is 3.31. The van der Waals surface area contributed by atoms with Crippen molar-refractivity contribution in [3.63, 3.8) is 0 Å². The van der Waals surface area contributed by atoms with Crippen LogP contribution in [-0.4, -0.2) is 28.5 Å². The third-order valence-corrected chi connectivity index (χ3v) is 7.55. The predicted octanol–water partition coefficient (Wildman–Crippen LogP) is 6.25. The van der Waals surface area contributed by atoms with E-state index in [0.717, 1.165) is 11.3 Å². The number of benzene rings is 2. The molecule has 1 fully saturated rings. The molecule has 0 N–H and O–H groups in total. The number of carbonyl (C=O) groups excluding carboxylic acids is 1. The van der Waals surface area contributed by atoms with Gasteiger partial charge in [-0.2, -0.15) is 0 Å². The van der Waals surface area contributed by atoms with Crippen molar-refractivity contribution in [2.45, 2.75) is 24.2 Å². The van der Waals surface area contributed by atoms with Crippen molar-refractivity contribution < 1.29 is 14.3 Å². The molecule has 3 aromatic rings. The first kappa shape index (κ1) is 22.5. The van der Waals surface area contributed by atoms with Crippen molar-refractivity contribution in [3.8, 4) is 11.5 Å².